The maximum absolute atomic E-state index is 4.49. The summed E-state index contributed by atoms with van der Waals surface area (Å²) in [6.07, 6.45) is 0. The zero-order chi connectivity index (χ0) is 10.3. The van der Waals surface area contributed by atoms with Crippen LogP contribution in [0.5, 0.6) is 0 Å². The van der Waals surface area contributed by atoms with E-state index >= 15 is 0 Å². The Kier molecular flexibility index (Phi) is 25.2. The van der Waals surface area contributed by atoms with Crippen LogP contribution in [-0.2, 0) is 18.2 Å². The molecular weight excluding hydrogens is 305 g/mol. The minimum absolute atomic E-state index is 0. The molecule has 0 bridgehead atoms. The van der Waals surface area contributed by atoms with Gasteiger partial charge in [-0.05, 0) is 41.5 Å². The van der Waals surface area contributed by atoms with Gasteiger partial charge in [0.2, 0.25) is 0 Å². The van der Waals surface area contributed by atoms with Gasteiger partial charge in [-0.25, -0.2) is 0 Å². The van der Waals surface area contributed by atoms with E-state index in [0.717, 1.165) is 17.0 Å². The molecule has 0 aromatic rings. The number of rotatable bonds is 3. The van der Waals surface area contributed by atoms with Gasteiger partial charge in [-0.2, -0.15) is 0 Å². The van der Waals surface area contributed by atoms with E-state index in [4.69, 9.17) is 0 Å². The van der Waals surface area contributed by atoms with Crippen molar-refractivity contribution in [1.82, 2.24) is 0 Å². The van der Waals surface area contributed by atoms with Crippen molar-refractivity contribution in [1.29, 1.82) is 0 Å². The molecule has 0 rings (SSSR count). The molecule has 0 nitrogen and oxygen atoms in total. The van der Waals surface area contributed by atoms with E-state index in [2.05, 4.69) is 69.3 Å². The van der Waals surface area contributed by atoms with E-state index in [1.807, 2.05) is 0 Å². The van der Waals surface area contributed by atoms with Gasteiger partial charge in [0.05, 0.1) is 17.0 Å². The van der Waals surface area contributed by atoms with E-state index < -0.39 is 0 Å². The molecule has 0 amide bonds. The van der Waals surface area contributed by atoms with Crippen LogP contribution in [0.2, 0.25) is 0 Å². The van der Waals surface area contributed by atoms with Crippen LogP contribution in [-0.4, -0.2) is 17.0 Å². The quantitative estimate of drug-likeness (QED) is 0.378. The average molecular weight is 334 g/mol. The molecule has 0 saturated heterocycles. The van der Waals surface area contributed by atoms with Crippen molar-refractivity contribution in [2.24, 2.45) is 0 Å². The van der Waals surface area contributed by atoms with E-state index in [1.54, 1.807) is 0 Å². The van der Waals surface area contributed by atoms with Crippen molar-refractivity contribution in [3.63, 3.8) is 0 Å². The molecule has 94 valence electrons. The third-order valence-corrected chi connectivity index (χ3v) is 6.00. The third-order valence-electron chi connectivity index (χ3n) is 2.00. The summed E-state index contributed by atoms with van der Waals surface area (Å²) in [5.41, 5.74) is 2.81. The normalized spacial score (nSPS) is 9.50. The first kappa shape index (κ1) is 24.6. The fourth-order valence-electron chi connectivity index (χ4n) is 2.00. The molecule has 0 aromatic heterocycles. The van der Waals surface area contributed by atoms with Crippen molar-refractivity contribution in [3.05, 3.63) is 7.43 Å². The van der Waals surface area contributed by atoms with Crippen molar-refractivity contribution in [3.8, 4) is 0 Å². The van der Waals surface area contributed by atoms with Gasteiger partial charge in [0, 0.05) is 7.92 Å². The van der Waals surface area contributed by atoms with Crippen LogP contribution in [0.25, 0.3) is 0 Å². The topological polar surface area (TPSA) is 0 Å². The number of halogens is 1. The minimum atomic E-state index is -0.0957. The van der Waals surface area contributed by atoms with E-state index in [-0.39, 0.29) is 22.8 Å². The van der Waals surface area contributed by atoms with Gasteiger partial charge < -0.3 is 7.43 Å². The molecule has 0 aliphatic heterocycles. The molecule has 0 radical (unpaired) electrons. The molecule has 0 aliphatic rings. The molecule has 0 aromatic carbocycles. The monoisotopic (exact) mass is 333 g/mol. The fourth-order valence-corrected chi connectivity index (χ4v) is 6.00. The third kappa shape index (κ3) is 11.5. The van der Waals surface area contributed by atoms with Gasteiger partial charge in [0.1, 0.15) is 0 Å². The Bertz CT molecular complexity index is 76.3. The Labute approximate surface area is 109 Å². The zero-order valence-electron chi connectivity index (χ0n) is 9.93. The SMILES string of the molecule is C.CC(C)[PH+](C(C)C)C(C)C.[CH3-].[Cl][Pd+]. The Morgan fingerprint density at radius 2 is 0.929 bits per heavy atom. The number of hydrogen-bond donors (Lipinski definition) is 0. The van der Waals surface area contributed by atoms with Crippen molar-refractivity contribution >= 4 is 17.5 Å². The second-order valence-electron chi connectivity index (χ2n) is 3.96. The molecule has 3 heteroatoms. The summed E-state index contributed by atoms with van der Waals surface area (Å²) in [5, 5.41) is 0. The molecule has 0 fully saturated rings. The molecule has 0 atom stereocenters. The molecule has 0 unspecified atom stereocenters. The van der Waals surface area contributed by atoms with Gasteiger partial charge >= 0.3 is 27.7 Å². The van der Waals surface area contributed by atoms with Gasteiger partial charge in [-0.15, -0.1) is 0 Å². The van der Waals surface area contributed by atoms with Crippen LogP contribution >= 0.6 is 17.5 Å². The first-order chi connectivity index (χ1) is 5.46. The average Bonchev–Trinajstić information content (AvgIpc) is 1.88. The Morgan fingerprint density at radius 3 is 0.929 bits per heavy atom. The summed E-state index contributed by atoms with van der Waals surface area (Å²) >= 11 is 2.22. The standard InChI is InChI=1S/C9H21P.CH4.CH3.ClH.Pd/c1-7(2)10(8(3)4)9(5)6;;;;/h7-9H,1-6H3;1H4;1H3;1H;/q;;-1;;+2. The summed E-state index contributed by atoms with van der Waals surface area (Å²) in [6.45, 7) is 14.2. The molecule has 14 heavy (non-hydrogen) atoms. The molecule has 0 aliphatic carbocycles. The molecule has 0 heterocycles. The van der Waals surface area contributed by atoms with Gasteiger partial charge in [-0.3, -0.25) is 0 Å². The van der Waals surface area contributed by atoms with Crippen LogP contribution in [0.3, 0.4) is 0 Å². The van der Waals surface area contributed by atoms with Crippen LogP contribution in [0.4, 0.5) is 0 Å². The Balaban J connectivity index is -0.000000117. The molecule has 0 spiro atoms. The second-order valence-corrected chi connectivity index (χ2v) is 8.43. The number of hydrogen-bond acceptors (Lipinski definition) is 0. The molecular formula is C11H29ClPPd+. The molecule has 0 saturated carbocycles. The first-order valence-electron chi connectivity index (χ1n) is 4.45. The van der Waals surface area contributed by atoms with Crippen molar-refractivity contribution in [2.45, 2.75) is 65.9 Å². The van der Waals surface area contributed by atoms with E-state index in [0.29, 0.717) is 0 Å². The Hall–Kier alpha value is 1.38. The summed E-state index contributed by atoms with van der Waals surface area (Å²) in [6, 6.07) is 0. The summed E-state index contributed by atoms with van der Waals surface area (Å²) < 4.78 is 0. The maximum atomic E-state index is 4.49. The van der Waals surface area contributed by atoms with Gasteiger partial charge in [0.15, 0.2) is 0 Å². The zero-order valence-corrected chi connectivity index (χ0v) is 13.2. The van der Waals surface area contributed by atoms with Crippen LogP contribution in [0, 0.1) is 7.43 Å². The van der Waals surface area contributed by atoms with Gasteiger partial charge in [0.25, 0.3) is 0 Å². The molecule has 0 N–H and O–H groups in total. The van der Waals surface area contributed by atoms with E-state index in [9.17, 15) is 0 Å². The summed E-state index contributed by atoms with van der Waals surface area (Å²) in [5.74, 6) is 0. The van der Waals surface area contributed by atoms with Crippen molar-refractivity contribution in [2.75, 3.05) is 0 Å². The fraction of sp³-hybridized carbons (Fsp3) is 0.909. The predicted octanol–water partition coefficient (Wildman–Crippen LogP) is 5.20. The summed E-state index contributed by atoms with van der Waals surface area (Å²) in [7, 11) is 4.39. The van der Waals surface area contributed by atoms with Crippen LogP contribution < -0.4 is 0 Å². The van der Waals surface area contributed by atoms with Crippen molar-refractivity contribution < 1.29 is 18.2 Å². The first-order valence-corrected chi connectivity index (χ1v) is 8.18. The van der Waals surface area contributed by atoms with E-state index in [1.165, 1.54) is 0 Å². The Morgan fingerprint density at radius 1 is 0.786 bits per heavy atom. The predicted molar refractivity (Wildman–Crippen MR) is 72.7 cm³/mol. The van der Waals surface area contributed by atoms with Crippen LogP contribution in [0.1, 0.15) is 49.0 Å². The van der Waals surface area contributed by atoms with Crippen LogP contribution in [0.15, 0.2) is 0 Å². The summed E-state index contributed by atoms with van der Waals surface area (Å²) in [4.78, 5) is 0. The van der Waals surface area contributed by atoms with Gasteiger partial charge in [-0.1, -0.05) is 7.43 Å². The second kappa shape index (κ2) is 14.4.